The van der Waals surface area contributed by atoms with Crippen molar-refractivity contribution in [2.45, 2.75) is 25.7 Å². The van der Waals surface area contributed by atoms with E-state index in [1.54, 1.807) is 12.1 Å². The molecule has 1 amide bonds. The number of benzene rings is 2. The number of fused-ring (bicyclic) bond motifs is 3. The summed E-state index contributed by atoms with van der Waals surface area (Å²) in [5.74, 6) is -1.83. The molecule has 1 aliphatic heterocycles. The smallest absolute Gasteiger partial charge is 0.333 e. The first kappa shape index (κ1) is 26.8. The van der Waals surface area contributed by atoms with Gasteiger partial charge >= 0.3 is 12.2 Å². The third-order valence-corrected chi connectivity index (χ3v) is 6.83. The number of amides is 1. The van der Waals surface area contributed by atoms with Crippen molar-refractivity contribution < 1.29 is 26.7 Å². The zero-order valence-corrected chi connectivity index (χ0v) is 21.2. The highest BCUT2D eigenvalue weighted by molar-refractivity contribution is 6.30. The third kappa shape index (κ3) is 5.81. The summed E-state index contributed by atoms with van der Waals surface area (Å²) in [7, 11) is 0. The maximum atomic E-state index is 14.4. The molecule has 2 aromatic carbocycles. The molecule has 1 N–H and O–H groups in total. The van der Waals surface area contributed by atoms with Crippen molar-refractivity contribution in [3.05, 3.63) is 106 Å². The highest BCUT2D eigenvalue weighted by Crippen LogP contribution is 2.41. The molecular weight excluding hydrogens is 539 g/mol. The molecule has 202 valence electrons. The highest BCUT2D eigenvalue weighted by atomic mass is 35.5. The Labute approximate surface area is 225 Å². The van der Waals surface area contributed by atoms with Crippen LogP contribution in [0.25, 0.3) is 17.0 Å². The first-order chi connectivity index (χ1) is 18.6. The predicted octanol–water partition coefficient (Wildman–Crippen LogP) is 6.82. The molecule has 0 fully saturated rings. The number of carbonyl (C=O) groups is 1. The number of pyridine rings is 1. The highest BCUT2D eigenvalue weighted by Gasteiger charge is 2.38. The lowest BCUT2D eigenvalue weighted by atomic mass is 10.00. The molecule has 0 spiro atoms. The van der Waals surface area contributed by atoms with Crippen LogP contribution in [-0.4, -0.2) is 33.6 Å². The number of alkyl halides is 3. The number of nitrogens with one attached hydrogen (secondary N) is 1. The van der Waals surface area contributed by atoms with Crippen molar-refractivity contribution in [1.29, 1.82) is 0 Å². The lowest BCUT2D eigenvalue weighted by molar-refractivity contribution is -0.136. The zero-order valence-electron chi connectivity index (χ0n) is 20.4. The van der Waals surface area contributed by atoms with Gasteiger partial charge in [0.15, 0.2) is 0 Å². The van der Waals surface area contributed by atoms with Crippen LogP contribution < -0.4 is 5.32 Å². The molecule has 0 radical (unpaired) electrons. The van der Waals surface area contributed by atoms with Crippen LogP contribution in [-0.2, 0) is 25.7 Å². The second-order valence-electron chi connectivity index (χ2n) is 9.19. The summed E-state index contributed by atoms with van der Waals surface area (Å²) >= 11 is 5.92. The molecule has 0 atom stereocenters. The van der Waals surface area contributed by atoms with E-state index in [9.17, 15) is 26.7 Å². The summed E-state index contributed by atoms with van der Waals surface area (Å²) in [6.07, 6.45) is 0.473. The second-order valence-corrected chi connectivity index (χ2v) is 9.63. The fourth-order valence-corrected chi connectivity index (χ4v) is 4.97. The van der Waals surface area contributed by atoms with E-state index in [0.717, 1.165) is 22.3 Å². The van der Waals surface area contributed by atoms with Gasteiger partial charge in [0.1, 0.15) is 5.82 Å². The zero-order chi connectivity index (χ0) is 27.7. The molecule has 39 heavy (non-hydrogen) atoms. The van der Waals surface area contributed by atoms with Crippen LogP contribution in [0, 0.1) is 11.8 Å². The third-order valence-electron chi connectivity index (χ3n) is 6.58. The van der Waals surface area contributed by atoms with E-state index in [1.807, 2.05) is 29.2 Å². The Hall–Kier alpha value is -3.76. The van der Waals surface area contributed by atoms with Gasteiger partial charge in [-0.15, -0.1) is 0 Å². The molecule has 5 rings (SSSR count). The van der Waals surface area contributed by atoms with Crippen LogP contribution in [0.3, 0.4) is 0 Å². The van der Waals surface area contributed by atoms with E-state index in [0.29, 0.717) is 41.0 Å². The van der Waals surface area contributed by atoms with E-state index in [-0.39, 0.29) is 30.4 Å². The Bertz CT molecular complexity index is 1560. The van der Waals surface area contributed by atoms with E-state index in [2.05, 4.69) is 10.3 Å². The summed E-state index contributed by atoms with van der Waals surface area (Å²) in [6.45, 7) is 0.981. The molecule has 3 heterocycles. The van der Waals surface area contributed by atoms with E-state index >= 15 is 0 Å². The Morgan fingerprint density at radius 2 is 1.87 bits per heavy atom. The van der Waals surface area contributed by atoms with Crippen molar-refractivity contribution in [2.75, 3.05) is 13.1 Å². The number of carbonyl (C=O) groups excluding carboxylic acids is 1. The average Bonchev–Trinajstić information content (AvgIpc) is 3.20. The fourth-order valence-electron chi connectivity index (χ4n) is 4.84. The minimum Gasteiger partial charge on any atom is -0.333 e. The number of halogens is 6. The fraction of sp³-hybridized carbons (Fsp3) is 0.214. The van der Waals surface area contributed by atoms with Gasteiger partial charge in [0.25, 0.3) is 0 Å². The number of hydrogen-bond donors (Lipinski definition) is 1. The number of aromatic nitrogens is 2. The standard InChI is InChI=1S/C28H22ClF5N4O/c29-19-5-3-17(4-6-19)2-1-10-37-11-8-23-21(16-37)26-22(28(32,33)34)13-20(30)14-24(26)38(23)27(39)36-15-18-7-9-35-25(31)12-18/h1-7,9,12-14H,8,10-11,15-16H2,(H,36,39)/b2-1+. The number of rotatable bonds is 5. The SMILES string of the molecule is O=C(NCc1ccnc(F)c1)n1c2c(c3c(C(F)(F)F)cc(F)cc31)CN(C/C=C/c1ccc(Cl)cc1)CC2. The molecule has 0 saturated heterocycles. The Morgan fingerprint density at radius 1 is 1.10 bits per heavy atom. The van der Waals surface area contributed by atoms with E-state index in [4.69, 9.17) is 11.6 Å². The van der Waals surface area contributed by atoms with Crippen molar-refractivity contribution in [3.63, 3.8) is 0 Å². The number of hydrogen-bond acceptors (Lipinski definition) is 3. The summed E-state index contributed by atoms with van der Waals surface area (Å²) < 4.78 is 71.1. The van der Waals surface area contributed by atoms with Gasteiger partial charge in [0.2, 0.25) is 5.95 Å². The quantitative estimate of drug-likeness (QED) is 0.215. The van der Waals surface area contributed by atoms with Crippen LogP contribution in [0.15, 0.2) is 60.8 Å². The molecule has 2 aromatic heterocycles. The van der Waals surface area contributed by atoms with Gasteiger partial charge in [-0.05, 0) is 53.1 Å². The van der Waals surface area contributed by atoms with Crippen LogP contribution in [0.1, 0.15) is 27.9 Å². The second kappa shape index (κ2) is 10.8. The Kier molecular flexibility index (Phi) is 7.42. The van der Waals surface area contributed by atoms with Gasteiger partial charge in [-0.25, -0.2) is 14.2 Å². The molecule has 4 aromatic rings. The van der Waals surface area contributed by atoms with Crippen molar-refractivity contribution in [3.8, 4) is 0 Å². The lowest BCUT2D eigenvalue weighted by Crippen LogP contribution is -2.34. The monoisotopic (exact) mass is 560 g/mol. The van der Waals surface area contributed by atoms with Crippen LogP contribution in [0.2, 0.25) is 5.02 Å². The first-order valence-electron chi connectivity index (χ1n) is 12.1. The maximum absolute atomic E-state index is 14.4. The molecule has 11 heteroatoms. The summed E-state index contributed by atoms with van der Waals surface area (Å²) in [4.78, 5) is 18.7. The maximum Gasteiger partial charge on any atom is 0.417 e. The van der Waals surface area contributed by atoms with Crippen molar-refractivity contribution in [2.24, 2.45) is 0 Å². The van der Waals surface area contributed by atoms with Gasteiger partial charge in [-0.2, -0.15) is 17.6 Å². The van der Waals surface area contributed by atoms with Gasteiger partial charge in [-0.1, -0.05) is 35.9 Å². The van der Waals surface area contributed by atoms with Gasteiger partial charge in [0.05, 0.1) is 11.1 Å². The average molecular weight is 561 g/mol. The molecule has 0 saturated carbocycles. The normalized spacial score (nSPS) is 14.2. The summed E-state index contributed by atoms with van der Waals surface area (Å²) in [5.41, 5.74) is 0.765. The van der Waals surface area contributed by atoms with Crippen LogP contribution in [0.5, 0.6) is 0 Å². The largest absolute Gasteiger partial charge is 0.417 e. The molecular formula is C28H22ClF5N4O. The molecule has 0 aliphatic carbocycles. The summed E-state index contributed by atoms with van der Waals surface area (Å²) in [6, 6.07) is 10.5. The van der Waals surface area contributed by atoms with Crippen molar-refractivity contribution in [1.82, 2.24) is 19.8 Å². The van der Waals surface area contributed by atoms with Gasteiger partial charge in [-0.3, -0.25) is 9.47 Å². The molecule has 1 aliphatic rings. The topological polar surface area (TPSA) is 50.2 Å². The number of nitrogens with zero attached hydrogens (tertiary/aromatic N) is 3. The summed E-state index contributed by atoms with van der Waals surface area (Å²) in [5, 5.41) is 3.02. The molecule has 0 unspecified atom stereocenters. The van der Waals surface area contributed by atoms with E-state index in [1.165, 1.54) is 12.3 Å². The van der Waals surface area contributed by atoms with Crippen molar-refractivity contribution >= 4 is 34.6 Å². The van der Waals surface area contributed by atoms with Crippen LogP contribution in [0.4, 0.5) is 26.7 Å². The first-order valence-corrected chi connectivity index (χ1v) is 12.4. The minimum atomic E-state index is -4.83. The van der Waals surface area contributed by atoms with E-state index < -0.39 is 29.5 Å². The minimum absolute atomic E-state index is 0.0875. The molecule has 5 nitrogen and oxygen atoms in total. The van der Waals surface area contributed by atoms with Crippen LogP contribution >= 0.6 is 11.6 Å². The predicted molar refractivity (Wildman–Crippen MR) is 138 cm³/mol. The Balaban J connectivity index is 1.48. The van der Waals surface area contributed by atoms with Gasteiger partial charge in [0, 0.05) is 54.9 Å². The lowest BCUT2D eigenvalue weighted by Gasteiger charge is -2.27. The Morgan fingerprint density at radius 3 is 2.59 bits per heavy atom. The molecule has 0 bridgehead atoms. The van der Waals surface area contributed by atoms with Gasteiger partial charge < -0.3 is 5.32 Å².